The van der Waals surface area contributed by atoms with Crippen molar-refractivity contribution < 1.29 is 4.74 Å². The zero-order chi connectivity index (χ0) is 13.0. The van der Waals surface area contributed by atoms with Crippen LogP contribution in [-0.4, -0.2) is 21.4 Å². The van der Waals surface area contributed by atoms with Gasteiger partial charge in [-0.1, -0.05) is 36.0 Å². The molecule has 2 rings (SSSR count). The average Bonchev–Trinajstić information content (AvgIpc) is 2.75. The van der Waals surface area contributed by atoms with E-state index in [0.29, 0.717) is 23.2 Å². The van der Waals surface area contributed by atoms with E-state index in [1.807, 2.05) is 24.3 Å². The van der Waals surface area contributed by atoms with Crippen molar-refractivity contribution in [2.24, 2.45) is 5.73 Å². The van der Waals surface area contributed by atoms with Crippen molar-refractivity contribution in [2.75, 3.05) is 6.61 Å². The first-order chi connectivity index (χ1) is 8.65. The van der Waals surface area contributed by atoms with E-state index in [9.17, 15) is 0 Å². The molecule has 0 bridgehead atoms. The average molecular weight is 282 g/mol. The monoisotopic (exact) mass is 281 g/mol. The third-order valence-corrected chi connectivity index (χ3v) is 2.74. The largest absolute Gasteiger partial charge is 0.492 e. The molecule has 2 N–H and O–H groups in total. The summed E-state index contributed by atoms with van der Waals surface area (Å²) in [6.07, 6.45) is 3.34. The first-order valence-corrected chi connectivity index (χ1v) is 6.14. The second-order valence-corrected chi connectivity index (χ2v) is 4.54. The molecule has 0 aliphatic heterocycles. The van der Waals surface area contributed by atoms with Crippen molar-refractivity contribution in [1.29, 1.82) is 0 Å². The Kier molecular flexibility index (Phi) is 4.17. The summed E-state index contributed by atoms with van der Waals surface area (Å²) in [5, 5.41) is 4.67. The van der Waals surface area contributed by atoms with Crippen LogP contribution in [0, 0.1) is 0 Å². The van der Waals surface area contributed by atoms with Crippen molar-refractivity contribution in [1.82, 2.24) is 9.78 Å². The van der Waals surface area contributed by atoms with Crippen LogP contribution in [-0.2, 0) is 6.54 Å². The fourth-order valence-corrected chi connectivity index (χ4v) is 1.74. The molecule has 18 heavy (non-hydrogen) atoms. The Bertz CT molecular complexity index is 556. The molecule has 0 aliphatic rings. The van der Waals surface area contributed by atoms with Gasteiger partial charge in [0, 0.05) is 11.8 Å². The molecule has 4 nitrogen and oxygen atoms in total. The van der Waals surface area contributed by atoms with E-state index < -0.39 is 0 Å². The number of halogens is 1. The summed E-state index contributed by atoms with van der Waals surface area (Å²) in [4.78, 5) is 0.360. The second-order valence-electron chi connectivity index (χ2n) is 3.66. The molecule has 6 heteroatoms. The predicted molar refractivity (Wildman–Crippen MR) is 75.1 cm³/mol. The van der Waals surface area contributed by atoms with E-state index in [1.165, 1.54) is 0 Å². The van der Waals surface area contributed by atoms with Crippen LogP contribution >= 0.6 is 23.8 Å². The van der Waals surface area contributed by atoms with E-state index in [4.69, 9.17) is 34.3 Å². The fraction of sp³-hybridized carbons (Fsp3) is 0.167. The first-order valence-electron chi connectivity index (χ1n) is 5.36. The summed E-state index contributed by atoms with van der Waals surface area (Å²) in [6.45, 7) is 1.13. The van der Waals surface area contributed by atoms with Crippen molar-refractivity contribution in [3.05, 3.63) is 47.2 Å². The third kappa shape index (κ3) is 3.45. The molecule has 0 spiro atoms. The summed E-state index contributed by atoms with van der Waals surface area (Å²) < 4.78 is 7.31. The molecule has 0 amide bonds. The Labute approximate surface area is 115 Å². The number of thiocarbonyl (C=S) groups is 1. The van der Waals surface area contributed by atoms with Gasteiger partial charge in [-0.05, 0) is 12.1 Å². The maximum absolute atomic E-state index is 5.76. The van der Waals surface area contributed by atoms with Crippen LogP contribution < -0.4 is 10.5 Å². The Morgan fingerprint density at radius 3 is 3.00 bits per heavy atom. The number of nitrogens with two attached hydrogens (primary N) is 1. The molecular weight excluding hydrogens is 270 g/mol. The second kappa shape index (κ2) is 5.84. The summed E-state index contributed by atoms with van der Waals surface area (Å²) >= 11 is 10.7. The van der Waals surface area contributed by atoms with Crippen LogP contribution in [0.1, 0.15) is 5.56 Å². The molecule has 0 saturated heterocycles. The molecule has 0 atom stereocenters. The zero-order valence-electron chi connectivity index (χ0n) is 9.54. The lowest BCUT2D eigenvalue weighted by Crippen LogP contribution is -2.11. The van der Waals surface area contributed by atoms with Gasteiger partial charge in [-0.3, -0.25) is 4.68 Å². The van der Waals surface area contributed by atoms with E-state index in [-0.39, 0.29) is 0 Å². The minimum atomic E-state index is 0.360. The van der Waals surface area contributed by atoms with Gasteiger partial charge in [0.05, 0.1) is 17.8 Å². The Morgan fingerprint density at radius 1 is 1.50 bits per heavy atom. The standard InChI is InChI=1S/C12H12ClN3OS/c13-10-7-15-16(8-10)4-5-17-11-3-1-2-9(6-11)12(14)18/h1-3,6-8H,4-5H2,(H2,14,18). The van der Waals surface area contributed by atoms with Crippen LogP contribution in [0.25, 0.3) is 0 Å². The quantitative estimate of drug-likeness (QED) is 0.854. The molecule has 94 valence electrons. The molecule has 1 heterocycles. The maximum Gasteiger partial charge on any atom is 0.120 e. The molecular formula is C12H12ClN3OS. The normalized spacial score (nSPS) is 10.3. The van der Waals surface area contributed by atoms with Gasteiger partial charge in [0.1, 0.15) is 17.3 Å². The molecule has 0 saturated carbocycles. The Morgan fingerprint density at radius 2 is 2.33 bits per heavy atom. The van der Waals surface area contributed by atoms with Crippen molar-refractivity contribution in [2.45, 2.75) is 6.54 Å². The lowest BCUT2D eigenvalue weighted by atomic mass is 10.2. The number of hydrogen-bond donors (Lipinski definition) is 1. The fourth-order valence-electron chi connectivity index (χ4n) is 1.46. The predicted octanol–water partition coefficient (Wildman–Crippen LogP) is 2.25. The van der Waals surface area contributed by atoms with Gasteiger partial charge in [0.25, 0.3) is 0 Å². The number of benzene rings is 1. The van der Waals surface area contributed by atoms with Crippen molar-refractivity contribution in [3.8, 4) is 5.75 Å². The molecule has 0 fully saturated rings. The van der Waals surface area contributed by atoms with Gasteiger partial charge in [-0.25, -0.2) is 0 Å². The van der Waals surface area contributed by atoms with Gasteiger partial charge in [-0.15, -0.1) is 0 Å². The van der Waals surface area contributed by atoms with Gasteiger partial charge in [0.2, 0.25) is 0 Å². The Hall–Kier alpha value is -1.59. The third-order valence-electron chi connectivity index (χ3n) is 2.31. The number of rotatable bonds is 5. The maximum atomic E-state index is 5.76. The molecule has 0 aliphatic carbocycles. The lowest BCUT2D eigenvalue weighted by Gasteiger charge is -2.07. The minimum absolute atomic E-state index is 0.360. The number of nitrogens with zero attached hydrogens (tertiary/aromatic N) is 2. The SMILES string of the molecule is NC(=S)c1cccc(OCCn2cc(Cl)cn2)c1. The van der Waals surface area contributed by atoms with Crippen LogP contribution in [0.15, 0.2) is 36.7 Å². The van der Waals surface area contributed by atoms with Crippen molar-refractivity contribution >= 4 is 28.8 Å². The van der Waals surface area contributed by atoms with E-state index in [1.54, 1.807) is 17.1 Å². The lowest BCUT2D eigenvalue weighted by molar-refractivity contribution is 0.291. The van der Waals surface area contributed by atoms with Crippen LogP contribution in [0.2, 0.25) is 5.02 Å². The minimum Gasteiger partial charge on any atom is -0.492 e. The topological polar surface area (TPSA) is 53.1 Å². The van der Waals surface area contributed by atoms with E-state index >= 15 is 0 Å². The first kappa shape index (κ1) is 12.9. The van der Waals surface area contributed by atoms with E-state index in [2.05, 4.69) is 5.10 Å². The van der Waals surface area contributed by atoms with E-state index in [0.717, 1.165) is 11.3 Å². The summed E-state index contributed by atoms with van der Waals surface area (Å²) in [6, 6.07) is 7.38. The Balaban J connectivity index is 1.90. The number of hydrogen-bond acceptors (Lipinski definition) is 3. The summed E-state index contributed by atoms with van der Waals surface area (Å²) in [7, 11) is 0. The highest BCUT2D eigenvalue weighted by Gasteiger charge is 2.00. The van der Waals surface area contributed by atoms with Gasteiger partial charge in [0.15, 0.2) is 0 Å². The molecule has 2 aromatic rings. The molecule has 1 aromatic heterocycles. The summed E-state index contributed by atoms with van der Waals surface area (Å²) in [5.74, 6) is 0.735. The highest BCUT2D eigenvalue weighted by Crippen LogP contribution is 2.13. The number of aromatic nitrogens is 2. The van der Waals surface area contributed by atoms with Crippen LogP contribution in [0.5, 0.6) is 5.75 Å². The van der Waals surface area contributed by atoms with Crippen molar-refractivity contribution in [3.63, 3.8) is 0 Å². The highest BCUT2D eigenvalue weighted by atomic mass is 35.5. The smallest absolute Gasteiger partial charge is 0.120 e. The van der Waals surface area contributed by atoms with Gasteiger partial charge in [-0.2, -0.15) is 5.10 Å². The van der Waals surface area contributed by atoms with Gasteiger partial charge >= 0.3 is 0 Å². The van der Waals surface area contributed by atoms with Crippen LogP contribution in [0.3, 0.4) is 0 Å². The molecule has 1 aromatic carbocycles. The molecule has 0 unspecified atom stereocenters. The van der Waals surface area contributed by atoms with Crippen LogP contribution in [0.4, 0.5) is 0 Å². The number of ether oxygens (including phenoxy) is 1. The zero-order valence-corrected chi connectivity index (χ0v) is 11.1. The summed E-state index contributed by atoms with van der Waals surface area (Å²) in [5.41, 5.74) is 6.35. The molecule has 0 radical (unpaired) electrons. The van der Waals surface area contributed by atoms with Gasteiger partial charge < -0.3 is 10.5 Å². The highest BCUT2D eigenvalue weighted by molar-refractivity contribution is 7.80.